The molecule has 11 aromatic rings. The number of benzene rings is 9. The van der Waals surface area contributed by atoms with Crippen LogP contribution >= 0.6 is 22.7 Å². The van der Waals surface area contributed by atoms with Crippen LogP contribution in [0.25, 0.3) is 84.5 Å². The number of anilines is 3. The van der Waals surface area contributed by atoms with Gasteiger partial charge in [0.15, 0.2) is 0 Å². The lowest BCUT2D eigenvalue weighted by atomic mass is 9.95. The van der Waals surface area contributed by atoms with E-state index in [1.165, 1.54) is 90.2 Å². The summed E-state index contributed by atoms with van der Waals surface area (Å²) >= 11 is 3.75. The van der Waals surface area contributed by atoms with Crippen LogP contribution in [-0.4, -0.2) is 0 Å². The van der Waals surface area contributed by atoms with E-state index in [1.54, 1.807) is 0 Å². The van der Waals surface area contributed by atoms with Crippen LogP contribution in [-0.2, 0) is 0 Å². The monoisotopic (exact) mass is 735 g/mol. The summed E-state index contributed by atoms with van der Waals surface area (Å²) in [6.45, 7) is 0. The van der Waals surface area contributed by atoms with Crippen molar-refractivity contribution in [3.8, 4) is 33.4 Å². The van der Waals surface area contributed by atoms with Gasteiger partial charge in [0.1, 0.15) is 0 Å². The Balaban J connectivity index is 1.17. The number of hydrogen-bond donors (Lipinski definition) is 0. The molecule has 1 nitrogen and oxygen atoms in total. The van der Waals surface area contributed by atoms with Gasteiger partial charge in [0.2, 0.25) is 0 Å². The van der Waals surface area contributed by atoms with Crippen LogP contribution in [0, 0.1) is 0 Å². The van der Waals surface area contributed by atoms with Crippen LogP contribution < -0.4 is 4.90 Å². The van der Waals surface area contributed by atoms with Gasteiger partial charge in [-0.25, -0.2) is 0 Å². The lowest BCUT2D eigenvalue weighted by Crippen LogP contribution is -2.12. The van der Waals surface area contributed by atoms with Crippen molar-refractivity contribution in [3.05, 3.63) is 200 Å². The van der Waals surface area contributed by atoms with Crippen molar-refractivity contribution in [2.75, 3.05) is 4.90 Å². The number of hydrogen-bond acceptors (Lipinski definition) is 3. The minimum atomic E-state index is 1.12. The molecule has 0 saturated heterocycles. The lowest BCUT2D eigenvalue weighted by molar-refractivity contribution is 1.32. The van der Waals surface area contributed by atoms with Gasteiger partial charge in [0.05, 0.1) is 16.1 Å². The van der Waals surface area contributed by atoms with E-state index >= 15 is 0 Å². The zero-order valence-electron chi connectivity index (χ0n) is 29.8. The molecule has 11 rings (SSSR count). The maximum atomic E-state index is 2.52. The zero-order valence-corrected chi connectivity index (χ0v) is 31.4. The fraction of sp³-hybridized carbons (Fsp3) is 0. The topological polar surface area (TPSA) is 3.24 Å². The van der Waals surface area contributed by atoms with E-state index in [0.717, 1.165) is 11.4 Å². The molecule has 0 aliphatic carbocycles. The Morgan fingerprint density at radius 3 is 1.58 bits per heavy atom. The standard InChI is InChI=1S/C52H33NS2/c1-3-13-35(14-4-1)39-30-31-47(42-18-8-7-17-41(39)42)53(38-26-23-34(24-27-38)37-25-32-50-46(33-37)44-20-10-11-21-48(44)54-50)51-40(36-15-5-2-6-16-36)28-29-45-43-19-9-12-22-49(43)55-52(45)51/h1-33H. The molecule has 9 aromatic carbocycles. The first-order valence-corrected chi connectivity index (χ1v) is 20.3. The van der Waals surface area contributed by atoms with Gasteiger partial charge in [-0.05, 0) is 75.7 Å². The van der Waals surface area contributed by atoms with Crippen molar-refractivity contribution in [1.29, 1.82) is 0 Å². The van der Waals surface area contributed by atoms with E-state index in [-0.39, 0.29) is 0 Å². The normalized spacial score (nSPS) is 11.6. The zero-order chi connectivity index (χ0) is 36.3. The third-order valence-electron chi connectivity index (χ3n) is 10.9. The summed E-state index contributed by atoms with van der Waals surface area (Å²) in [5.41, 5.74) is 10.7. The summed E-state index contributed by atoms with van der Waals surface area (Å²) in [5, 5.41) is 7.65. The Morgan fingerprint density at radius 2 is 0.855 bits per heavy atom. The quantitative estimate of drug-likeness (QED) is 0.164. The summed E-state index contributed by atoms with van der Waals surface area (Å²) in [6, 6.07) is 73.5. The van der Waals surface area contributed by atoms with Crippen molar-refractivity contribution in [2.45, 2.75) is 0 Å². The Bertz CT molecular complexity index is 3190. The fourth-order valence-electron chi connectivity index (χ4n) is 8.29. The minimum Gasteiger partial charge on any atom is -0.308 e. The molecule has 258 valence electrons. The Hall–Kier alpha value is -6.52. The number of thiophene rings is 2. The highest BCUT2D eigenvalue weighted by Crippen LogP contribution is 2.51. The molecule has 3 heteroatoms. The average Bonchev–Trinajstić information content (AvgIpc) is 3.83. The van der Waals surface area contributed by atoms with E-state index < -0.39 is 0 Å². The van der Waals surface area contributed by atoms with Gasteiger partial charge >= 0.3 is 0 Å². The molecule has 0 bridgehead atoms. The Kier molecular flexibility index (Phi) is 7.61. The lowest BCUT2D eigenvalue weighted by Gasteiger charge is -2.30. The highest BCUT2D eigenvalue weighted by atomic mass is 32.1. The van der Waals surface area contributed by atoms with E-state index in [2.05, 4.69) is 205 Å². The Labute approximate surface area is 327 Å². The molecule has 2 aromatic heterocycles. The number of nitrogens with zero attached hydrogens (tertiary/aromatic N) is 1. The molecule has 55 heavy (non-hydrogen) atoms. The van der Waals surface area contributed by atoms with E-state index in [4.69, 9.17) is 0 Å². The first-order chi connectivity index (χ1) is 27.3. The van der Waals surface area contributed by atoms with Gasteiger partial charge in [-0.15, -0.1) is 22.7 Å². The second kappa shape index (κ2) is 13.1. The molecule has 0 N–H and O–H groups in total. The molecular formula is C52H33NS2. The molecule has 2 heterocycles. The molecule has 0 aliphatic heterocycles. The fourth-order valence-corrected chi connectivity index (χ4v) is 10.6. The van der Waals surface area contributed by atoms with Crippen molar-refractivity contribution >= 4 is 90.9 Å². The van der Waals surface area contributed by atoms with Crippen LogP contribution in [0.5, 0.6) is 0 Å². The smallest absolute Gasteiger partial charge is 0.0718 e. The van der Waals surface area contributed by atoms with Crippen LogP contribution in [0.2, 0.25) is 0 Å². The van der Waals surface area contributed by atoms with Crippen molar-refractivity contribution in [2.24, 2.45) is 0 Å². The molecule has 0 radical (unpaired) electrons. The molecule has 0 unspecified atom stereocenters. The van der Waals surface area contributed by atoms with Crippen LogP contribution in [0.15, 0.2) is 200 Å². The summed E-state index contributed by atoms with van der Waals surface area (Å²) in [5.74, 6) is 0. The van der Waals surface area contributed by atoms with Crippen molar-refractivity contribution < 1.29 is 0 Å². The number of fused-ring (bicyclic) bond motifs is 7. The molecule has 0 amide bonds. The van der Waals surface area contributed by atoms with E-state index in [9.17, 15) is 0 Å². The van der Waals surface area contributed by atoms with Gasteiger partial charge in [-0.2, -0.15) is 0 Å². The summed E-state index contributed by atoms with van der Waals surface area (Å²) in [4.78, 5) is 2.52. The van der Waals surface area contributed by atoms with Gasteiger partial charge in [0, 0.05) is 52.3 Å². The second-order valence-electron chi connectivity index (χ2n) is 14.0. The maximum Gasteiger partial charge on any atom is 0.0718 e. The van der Waals surface area contributed by atoms with Gasteiger partial charge in [-0.1, -0.05) is 158 Å². The van der Waals surface area contributed by atoms with Crippen LogP contribution in [0.1, 0.15) is 0 Å². The summed E-state index contributed by atoms with van der Waals surface area (Å²) < 4.78 is 5.22. The van der Waals surface area contributed by atoms with E-state index in [1.807, 2.05) is 22.7 Å². The van der Waals surface area contributed by atoms with Crippen molar-refractivity contribution in [1.82, 2.24) is 0 Å². The summed E-state index contributed by atoms with van der Waals surface area (Å²) in [6.07, 6.45) is 0. The first kappa shape index (κ1) is 32.0. The highest BCUT2D eigenvalue weighted by Gasteiger charge is 2.25. The first-order valence-electron chi connectivity index (χ1n) is 18.7. The largest absolute Gasteiger partial charge is 0.308 e. The molecular weight excluding hydrogens is 703 g/mol. The van der Waals surface area contributed by atoms with Gasteiger partial charge < -0.3 is 4.90 Å². The predicted molar refractivity (Wildman–Crippen MR) is 241 cm³/mol. The van der Waals surface area contributed by atoms with Crippen LogP contribution in [0.4, 0.5) is 17.1 Å². The van der Waals surface area contributed by atoms with E-state index in [0.29, 0.717) is 0 Å². The average molecular weight is 736 g/mol. The SMILES string of the molecule is c1ccc(-c2ccc3c(sc4ccccc43)c2N(c2ccc(-c3ccc4sc5ccccc5c4c3)cc2)c2ccc(-c3ccccc3)c3ccccc23)cc1. The maximum absolute atomic E-state index is 2.52. The molecule has 0 spiro atoms. The summed E-state index contributed by atoms with van der Waals surface area (Å²) in [7, 11) is 0. The molecule has 0 aliphatic rings. The molecule has 0 saturated carbocycles. The third-order valence-corrected chi connectivity index (χ3v) is 13.2. The molecule has 0 fully saturated rings. The minimum absolute atomic E-state index is 1.12. The van der Waals surface area contributed by atoms with Gasteiger partial charge in [0.25, 0.3) is 0 Å². The van der Waals surface area contributed by atoms with Crippen LogP contribution in [0.3, 0.4) is 0 Å². The van der Waals surface area contributed by atoms with Gasteiger partial charge in [-0.3, -0.25) is 0 Å². The predicted octanol–water partition coefficient (Wildman–Crippen LogP) is 16.0. The van der Waals surface area contributed by atoms with Crippen molar-refractivity contribution in [3.63, 3.8) is 0 Å². The molecule has 0 atom stereocenters. The third kappa shape index (κ3) is 5.35. The highest BCUT2D eigenvalue weighted by molar-refractivity contribution is 7.26. The number of rotatable bonds is 6. The Morgan fingerprint density at radius 1 is 0.309 bits per heavy atom. The second-order valence-corrected chi connectivity index (χ2v) is 16.2.